The van der Waals surface area contributed by atoms with Gasteiger partial charge in [-0.25, -0.2) is 0 Å². The van der Waals surface area contributed by atoms with Gasteiger partial charge in [-0.2, -0.15) is 0 Å². The molecule has 0 radical (unpaired) electrons. The zero-order valence-electron chi connectivity index (χ0n) is 19.1. The van der Waals surface area contributed by atoms with Crippen LogP contribution < -0.4 is 10.2 Å². The largest absolute Gasteiger partial charge is 0.381 e. The van der Waals surface area contributed by atoms with Crippen molar-refractivity contribution in [1.82, 2.24) is 4.90 Å². The third-order valence-corrected chi connectivity index (χ3v) is 6.46. The van der Waals surface area contributed by atoms with E-state index in [4.69, 9.17) is 4.74 Å². The van der Waals surface area contributed by atoms with E-state index in [0.717, 1.165) is 43.7 Å². The van der Waals surface area contributed by atoms with Gasteiger partial charge in [0, 0.05) is 44.5 Å². The van der Waals surface area contributed by atoms with Crippen LogP contribution in [0.3, 0.4) is 0 Å². The summed E-state index contributed by atoms with van der Waals surface area (Å²) in [6, 6.07) is 14.9. The van der Waals surface area contributed by atoms with Crippen molar-refractivity contribution in [3.05, 3.63) is 59.7 Å². The molecule has 0 aromatic heterocycles. The quantitative estimate of drug-likeness (QED) is 0.461. The highest BCUT2D eigenvalue weighted by molar-refractivity contribution is 6.21. The van der Waals surface area contributed by atoms with Gasteiger partial charge in [-0.3, -0.25) is 19.3 Å². The van der Waals surface area contributed by atoms with Crippen LogP contribution in [-0.4, -0.2) is 55.5 Å². The van der Waals surface area contributed by atoms with Gasteiger partial charge >= 0.3 is 0 Å². The summed E-state index contributed by atoms with van der Waals surface area (Å²) in [6.07, 6.45) is 5.00. The Morgan fingerprint density at radius 1 is 0.939 bits per heavy atom. The third kappa shape index (κ3) is 5.42. The van der Waals surface area contributed by atoms with Gasteiger partial charge in [0.2, 0.25) is 5.91 Å². The van der Waals surface area contributed by atoms with Crippen LogP contribution in [0.15, 0.2) is 48.5 Å². The van der Waals surface area contributed by atoms with E-state index in [0.29, 0.717) is 43.0 Å². The number of hydrogen-bond acceptors (Lipinski definition) is 5. The predicted molar refractivity (Wildman–Crippen MR) is 128 cm³/mol. The first kappa shape index (κ1) is 23.0. The Kier molecular flexibility index (Phi) is 7.40. The van der Waals surface area contributed by atoms with Gasteiger partial charge in [0.25, 0.3) is 11.8 Å². The van der Waals surface area contributed by atoms with Crippen LogP contribution in [0.1, 0.15) is 59.2 Å². The van der Waals surface area contributed by atoms with E-state index in [9.17, 15) is 14.4 Å². The Bertz CT molecular complexity index is 962. The predicted octanol–water partition coefficient (Wildman–Crippen LogP) is 4.10. The van der Waals surface area contributed by atoms with Gasteiger partial charge in [-0.1, -0.05) is 18.6 Å². The van der Waals surface area contributed by atoms with Crippen LogP contribution in [0.2, 0.25) is 0 Å². The van der Waals surface area contributed by atoms with Crippen molar-refractivity contribution < 1.29 is 19.1 Å². The molecule has 1 fully saturated rings. The number of hydrogen-bond donors (Lipinski definition) is 1. The van der Waals surface area contributed by atoms with Crippen LogP contribution in [-0.2, 0) is 9.53 Å². The fraction of sp³-hybridized carbons (Fsp3) is 0.423. The highest BCUT2D eigenvalue weighted by Gasteiger charge is 2.34. The van der Waals surface area contributed by atoms with Crippen molar-refractivity contribution in [2.24, 2.45) is 0 Å². The number of carbonyl (C=O) groups excluding carboxylic acids is 3. The molecule has 7 nitrogen and oxygen atoms in total. The van der Waals surface area contributed by atoms with Crippen molar-refractivity contribution in [3.63, 3.8) is 0 Å². The number of nitrogens with zero attached hydrogens (tertiary/aromatic N) is 2. The molecular formula is C26H31N3O4. The number of anilines is 2. The van der Waals surface area contributed by atoms with Gasteiger partial charge in [-0.15, -0.1) is 0 Å². The van der Waals surface area contributed by atoms with Gasteiger partial charge in [0.15, 0.2) is 0 Å². The fourth-order valence-electron chi connectivity index (χ4n) is 4.50. The summed E-state index contributed by atoms with van der Waals surface area (Å²) >= 11 is 0. The number of fused-ring (bicyclic) bond motifs is 1. The number of nitrogens with one attached hydrogen (secondary N) is 1. The lowest BCUT2D eigenvalue weighted by Gasteiger charge is -2.33. The molecule has 2 heterocycles. The minimum absolute atomic E-state index is 0.0237. The standard InChI is InChI=1S/C26H31N3O4/c1-33-21-14-17-28(18-15-21)20-12-10-19(11-13-20)27-24(30)9-3-2-6-16-29-25(31)22-7-4-5-8-23(22)26(29)32/h4-5,7-8,10-13,21H,2-3,6,9,14-18H2,1H3,(H,27,30). The summed E-state index contributed by atoms with van der Waals surface area (Å²) in [5, 5.41) is 2.95. The number of unbranched alkanes of at least 4 members (excludes halogenated alkanes) is 2. The molecule has 2 aliphatic rings. The summed E-state index contributed by atoms with van der Waals surface area (Å²) in [7, 11) is 1.77. The van der Waals surface area contributed by atoms with E-state index in [1.165, 1.54) is 4.90 Å². The number of amides is 3. The summed E-state index contributed by atoms with van der Waals surface area (Å²) in [5.74, 6) is -0.468. The minimum Gasteiger partial charge on any atom is -0.381 e. The number of imide groups is 1. The van der Waals surface area contributed by atoms with E-state index >= 15 is 0 Å². The average Bonchev–Trinajstić information content (AvgIpc) is 3.09. The highest BCUT2D eigenvalue weighted by atomic mass is 16.5. The van der Waals surface area contributed by atoms with E-state index in [1.807, 2.05) is 24.3 Å². The van der Waals surface area contributed by atoms with E-state index < -0.39 is 0 Å². The molecule has 4 rings (SSSR count). The molecule has 33 heavy (non-hydrogen) atoms. The minimum atomic E-state index is -0.222. The lowest BCUT2D eigenvalue weighted by Crippen LogP contribution is -2.36. The van der Waals surface area contributed by atoms with E-state index in [2.05, 4.69) is 10.2 Å². The molecule has 3 amide bonds. The molecule has 0 saturated carbocycles. The van der Waals surface area contributed by atoms with Crippen molar-refractivity contribution in [1.29, 1.82) is 0 Å². The van der Waals surface area contributed by atoms with Crippen LogP contribution in [0.4, 0.5) is 11.4 Å². The van der Waals surface area contributed by atoms with Crippen molar-refractivity contribution >= 4 is 29.1 Å². The molecule has 0 unspecified atom stereocenters. The van der Waals surface area contributed by atoms with Crippen LogP contribution in [0.5, 0.6) is 0 Å². The second kappa shape index (κ2) is 10.6. The first-order valence-corrected chi connectivity index (χ1v) is 11.7. The number of methoxy groups -OCH3 is 1. The second-order valence-corrected chi connectivity index (χ2v) is 8.64. The number of ether oxygens (including phenoxy) is 1. The molecule has 0 aliphatic carbocycles. The molecule has 7 heteroatoms. The third-order valence-electron chi connectivity index (χ3n) is 6.46. The fourth-order valence-corrected chi connectivity index (χ4v) is 4.50. The molecule has 174 valence electrons. The topological polar surface area (TPSA) is 79.0 Å². The van der Waals surface area contributed by atoms with Gasteiger partial charge < -0.3 is 15.0 Å². The summed E-state index contributed by atoms with van der Waals surface area (Å²) in [5.41, 5.74) is 2.91. The van der Waals surface area contributed by atoms with Gasteiger partial charge in [0.05, 0.1) is 17.2 Å². The van der Waals surface area contributed by atoms with Crippen molar-refractivity contribution in [2.45, 2.75) is 44.6 Å². The number of benzene rings is 2. The summed E-state index contributed by atoms with van der Waals surface area (Å²) < 4.78 is 5.43. The Morgan fingerprint density at radius 3 is 2.18 bits per heavy atom. The van der Waals surface area contributed by atoms with Crippen molar-refractivity contribution in [2.75, 3.05) is 37.0 Å². The van der Waals surface area contributed by atoms with Crippen LogP contribution in [0.25, 0.3) is 0 Å². The molecule has 0 bridgehead atoms. The second-order valence-electron chi connectivity index (χ2n) is 8.64. The average molecular weight is 450 g/mol. The summed E-state index contributed by atoms with van der Waals surface area (Å²) in [4.78, 5) is 40.7. The molecule has 1 N–H and O–H groups in total. The Balaban J connectivity index is 1.15. The van der Waals surface area contributed by atoms with E-state index in [1.54, 1.807) is 31.4 Å². The molecule has 2 aromatic rings. The smallest absolute Gasteiger partial charge is 0.261 e. The van der Waals surface area contributed by atoms with E-state index in [-0.39, 0.29) is 17.7 Å². The van der Waals surface area contributed by atoms with Crippen LogP contribution >= 0.6 is 0 Å². The van der Waals surface area contributed by atoms with Gasteiger partial charge in [-0.05, 0) is 62.1 Å². The number of carbonyl (C=O) groups is 3. The Morgan fingerprint density at radius 2 is 1.58 bits per heavy atom. The lowest BCUT2D eigenvalue weighted by molar-refractivity contribution is -0.116. The maximum atomic E-state index is 12.4. The number of piperidine rings is 1. The number of rotatable bonds is 9. The maximum Gasteiger partial charge on any atom is 0.261 e. The molecule has 2 aromatic carbocycles. The van der Waals surface area contributed by atoms with Crippen LogP contribution in [0, 0.1) is 0 Å². The first-order valence-electron chi connectivity index (χ1n) is 11.7. The Labute approximate surface area is 194 Å². The lowest BCUT2D eigenvalue weighted by atomic mass is 10.1. The monoisotopic (exact) mass is 449 g/mol. The summed E-state index contributed by atoms with van der Waals surface area (Å²) in [6.45, 7) is 2.34. The molecule has 1 saturated heterocycles. The SMILES string of the molecule is COC1CCN(c2ccc(NC(=O)CCCCCN3C(=O)c4ccccc4C3=O)cc2)CC1. The molecule has 0 atom stereocenters. The zero-order chi connectivity index (χ0) is 23.2. The Hall–Kier alpha value is -3.19. The first-order chi connectivity index (χ1) is 16.1. The normalized spacial score (nSPS) is 16.3. The molecule has 2 aliphatic heterocycles. The zero-order valence-corrected chi connectivity index (χ0v) is 19.1. The van der Waals surface area contributed by atoms with Gasteiger partial charge in [0.1, 0.15) is 0 Å². The molecule has 0 spiro atoms. The van der Waals surface area contributed by atoms with Crippen molar-refractivity contribution in [3.8, 4) is 0 Å². The maximum absolute atomic E-state index is 12.4. The highest BCUT2D eigenvalue weighted by Crippen LogP contribution is 2.24. The molecular weight excluding hydrogens is 418 g/mol.